The van der Waals surface area contributed by atoms with Crippen LogP contribution in [0.1, 0.15) is 10.5 Å². The van der Waals surface area contributed by atoms with Gasteiger partial charge in [0.1, 0.15) is 25.2 Å². The molecule has 0 bridgehead atoms. The number of hydrogen-bond acceptors (Lipinski definition) is 5. The average Bonchev–Trinajstić information content (AvgIpc) is 2.93. The van der Waals surface area contributed by atoms with Crippen molar-refractivity contribution in [1.29, 1.82) is 0 Å². The van der Waals surface area contributed by atoms with E-state index in [1.165, 1.54) is 13.4 Å². The van der Waals surface area contributed by atoms with Crippen LogP contribution in [-0.4, -0.2) is 37.2 Å². The smallest absolute Gasteiger partial charge is 0.356 e. The molecule has 2 N–H and O–H groups in total. The molecule has 0 saturated heterocycles. The number of amides is 1. The van der Waals surface area contributed by atoms with Gasteiger partial charge in [-0.1, -0.05) is 18.2 Å². The van der Waals surface area contributed by atoms with Gasteiger partial charge in [-0.3, -0.25) is 4.79 Å². The minimum absolute atomic E-state index is 0.0624. The van der Waals surface area contributed by atoms with Crippen LogP contribution < -0.4 is 5.32 Å². The maximum Gasteiger partial charge on any atom is 0.356 e. The second-order valence-corrected chi connectivity index (χ2v) is 4.57. The molecule has 1 aliphatic heterocycles. The molecule has 0 aliphatic carbocycles. The van der Waals surface area contributed by atoms with Crippen LogP contribution in [0.5, 0.6) is 0 Å². The lowest BCUT2D eigenvalue weighted by atomic mass is 10.2. The number of esters is 1. The summed E-state index contributed by atoms with van der Waals surface area (Å²) in [5.41, 5.74) is 1.24. The van der Waals surface area contributed by atoms with Crippen molar-refractivity contribution in [2.75, 3.05) is 25.6 Å². The standard InChI is InChI=1S/C15H14N2O5/c1-20-15(19)13-12(9-4-2-3-5-10(9)16-13)17-14(18)11-8-21-6-7-22-11/h2-5,8,16H,6-7H2,1H3,(H,17,18). The van der Waals surface area contributed by atoms with E-state index in [-0.39, 0.29) is 11.5 Å². The Hall–Kier alpha value is -2.96. The molecule has 0 unspecified atom stereocenters. The zero-order valence-electron chi connectivity index (χ0n) is 11.8. The summed E-state index contributed by atoms with van der Waals surface area (Å²) >= 11 is 0. The van der Waals surface area contributed by atoms with E-state index < -0.39 is 11.9 Å². The van der Waals surface area contributed by atoms with Gasteiger partial charge in [-0.2, -0.15) is 0 Å². The number of hydrogen-bond donors (Lipinski definition) is 2. The Morgan fingerprint density at radius 3 is 2.82 bits per heavy atom. The van der Waals surface area contributed by atoms with Crippen LogP contribution in [0.2, 0.25) is 0 Å². The highest BCUT2D eigenvalue weighted by atomic mass is 16.6. The molecule has 7 heteroatoms. The van der Waals surface area contributed by atoms with Gasteiger partial charge in [0.25, 0.3) is 5.91 Å². The number of benzene rings is 1. The van der Waals surface area contributed by atoms with Crippen molar-refractivity contribution < 1.29 is 23.8 Å². The molecule has 0 radical (unpaired) electrons. The largest absolute Gasteiger partial charge is 0.494 e. The van der Waals surface area contributed by atoms with Gasteiger partial charge in [-0.05, 0) is 6.07 Å². The van der Waals surface area contributed by atoms with E-state index in [1.54, 1.807) is 12.1 Å². The lowest BCUT2D eigenvalue weighted by molar-refractivity contribution is -0.117. The van der Waals surface area contributed by atoms with E-state index in [1.807, 2.05) is 12.1 Å². The van der Waals surface area contributed by atoms with Gasteiger partial charge < -0.3 is 24.5 Å². The lowest BCUT2D eigenvalue weighted by Gasteiger charge is -2.15. The fraction of sp³-hybridized carbons (Fsp3) is 0.200. The summed E-state index contributed by atoms with van der Waals surface area (Å²) in [5.74, 6) is -0.997. The summed E-state index contributed by atoms with van der Waals surface area (Å²) in [6.45, 7) is 0.703. The number of carbonyl (C=O) groups excluding carboxylic acids is 2. The van der Waals surface area contributed by atoms with Crippen LogP contribution in [0.15, 0.2) is 36.3 Å². The summed E-state index contributed by atoms with van der Waals surface area (Å²) in [6.07, 6.45) is 1.26. The topological polar surface area (TPSA) is 89.7 Å². The fourth-order valence-corrected chi connectivity index (χ4v) is 2.19. The van der Waals surface area contributed by atoms with Crippen molar-refractivity contribution in [1.82, 2.24) is 4.98 Å². The van der Waals surface area contributed by atoms with Crippen molar-refractivity contribution in [3.63, 3.8) is 0 Å². The number of para-hydroxylation sites is 1. The van der Waals surface area contributed by atoms with Gasteiger partial charge in [-0.15, -0.1) is 0 Å². The molecule has 1 aromatic carbocycles. The first kappa shape index (κ1) is 14.0. The highest BCUT2D eigenvalue weighted by molar-refractivity contribution is 6.13. The summed E-state index contributed by atoms with van der Waals surface area (Å²) in [4.78, 5) is 27.1. The highest BCUT2D eigenvalue weighted by Crippen LogP contribution is 2.28. The number of fused-ring (bicyclic) bond motifs is 1. The Morgan fingerprint density at radius 1 is 1.27 bits per heavy atom. The average molecular weight is 302 g/mol. The Balaban J connectivity index is 1.99. The highest BCUT2D eigenvalue weighted by Gasteiger charge is 2.23. The first-order valence-corrected chi connectivity index (χ1v) is 6.65. The predicted molar refractivity (Wildman–Crippen MR) is 78.3 cm³/mol. The van der Waals surface area contributed by atoms with Crippen molar-refractivity contribution in [3.05, 3.63) is 42.0 Å². The van der Waals surface area contributed by atoms with Gasteiger partial charge in [0.15, 0.2) is 0 Å². The van der Waals surface area contributed by atoms with Crippen molar-refractivity contribution in [3.8, 4) is 0 Å². The zero-order chi connectivity index (χ0) is 15.5. The first-order chi connectivity index (χ1) is 10.7. The molecule has 1 amide bonds. The van der Waals surface area contributed by atoms with Gasteiger partial charge >= 0.3 is 5.97 Å². The van der Waals surface area contributed by atoms with Crippen molar-refractivity contribution >= 4 is 28.5 Å². The number of ether oxygens (including phenoxy) is 3. The fourth-order valence-electron chi connectivity index (χ4n) is 2.19. The van der Waals surface area contributed by atoms with E-state index in [0.717, 1.165) is 0 Å². The molecule has 7 nitrogen and oxygen atoms in total. The van der Waals surface area contributed by atoms with Gasteiger partial charge in [-0.25, -0.2) is 4.79 Å². The van der Waals surface area contributed by atoms with Crippen LogP contribution in [-0.2, 0) is 19.0 Å². The molecule has 0 spiro atoms. The minimum atomic E-state index is -0.568. The molecule has 2 heterocycles. The van der Waals surface area contributed by atoms with Crippen LogP contribution in [0.3, 0.4) is 0 Å². The normalized spacial score (nSPS) is 13.8. The van der Waals surface area contributed by atoms with Gasteiger partial charge in [0, 0.05) is 10.9 Å². The SMILES string of the molecule is COC(=O)c1[nH]c2ccccc2c1NC(=O)C1=COCCO1. The molecule has 2 aromatic rings. The van der Waals surface area contributed by atoms with Crippen LogP contribution in [0.4, 0.5) is 5.69 Å². The van der Waals surface area contributed by atoms with Crippen molar-refractivity contribution in [2.24, 2.45) is 0 Å². The molecule has 0 saturated carbocycles. The zero-order valence-corrected chi connectivity index (χ0v) is 11.8. The van der Waals surface area contributed by atoms with E-state index in [4.69, 9.17) is 14.2 Å². The predicted octanol–water partition coefficient (Wildman–Crippen LogP) is 1.78. The minimum Gasteiger partial charge on any atom is -0.494 e. The molecular formula is C15H14N2O5. The number of methoxy groups -OCH3 is 1. The molecule has 22 heavy (non-hydrogen) atoms. The van der Waals surface area contributed by atoms with Crippen molar-refractivity contribution in [2.45, 2.75) is 0 Å². The molecule has 114 valence electrons. The van der Waals surface area contributed by atoms with E-state index in [0.29, 0.717) is 29.8 Å². The number of rotatable bonds is 3. The van der Waals surface area contributed by atoms with Crippen LogP contribution in [0, 0.1) is 0 Å². The third-order valence-corrected chi connectivity index (χ3v) is 3.21. The number of carbonyl (C=O) groups is 2. The number of anilines is 1. The van der Waals surface area contributed by atoms with Gasteiger partial charge in [0.2, 0.25) is 5.76 Å². The Labute approximate surface area is 125 Å². The Bertz CT molecular complexity index is 762. The molecule has 1 aliphatic rings. The van der Waals surface area contributed by atoms with E-state index in [2.05, 4.69) is 10.3 Å². The molecule has 0 fully saturated rings. The third kappa shape index (κ3) is 2.48. The summed E-state index contributed by atoms with van der Waals surface area (Å²) in [7, 11) is 1.28. The molecule has 0 atom stereocenters. The summed E-state index contributed by atoms with van der Waals surface area (Å²) in [6, 6.07) is 7.23. The molecular weight excluding hydrogens is 288 g/mol. The second kappa shape index (κ2) is 5.80. The monoisotopic (exact) mass is 302 g/mol. The lowest BCUT2D eigenvalue weighted by Crippen LogP contribution is -2.22. The molecule has 3 rings (SSSR count). The van der Waals surface area contributed by atoms with Crippen LogP contribution in [0.25, 0.3) is 10.9 Å². The quantitative estimate of drug-likeness (QED) is 0.844. The third-order valence-electron chi connectivity index (χ3n) is 3.21. The maximum atomic E-state index is 12.2. The maximum absolute atomic E-state index is 12.2. The molecule has 1 aromatic heterocycles. The van der Waals surface area contributed by atoms with Gasteiger partial charge in [0.05, 0.1) is 12.8 Å². The number of nitrogens with one attached hydrogen (secondary N) is 2. The first-order valence-electron chi connectivity index (χ1n) is 6.65. The van der Waals surface area contributed by atoms with E-state index >= 15 is 0 Å². The summed E-state index contributed by atoms with van der Waals surface area (Å²) in [5, 5.41) is 3.38. The second-order valence-electron chi connectivity index (χ2n) is 4.57. The Morgan fingerprint density at radius 2 is 2.09 bits per heavy atom. The Kier molecular flexibility index (Phi) is 3.69. The van der Waals surface area contributed by atoms with E-state index in [9.17, 15) is 9.59 Å². The number of aromatic amines is 1. The van der Waals surface area contributed by atoms with Crippen LogP contribution >= 0.6 is 0 Å². The summed E-state index contributed by atoms with van der Waals surface area (Å²) < 4.78 is 15.0. The number of aromatic nitrogens is 1. The number of H-pyrrole nitrogens is 1.